The van der Waals surface area contributed by atoms with Gasteiger partial charge in [0, 0.05) is 56.6 Å². The van der Waals surface area contributed by atoms with Gasteiger partial charge in [-0.1, -0.05) is 42.5 Å². The molecule has 0 radical (unpaired) electrons. The van der Waals surface area contributed by atoms with E-state index in [-0.39, 0.29) is 5.69 Å². The van der Waals surface area contributed by atoms with E-state index in [1.165, 1.54) is 5.56 Å². The number of aromatic carboxylic acids is 1. The number of hydrogen-bond acceptors (Lipinski definition) is 4. The standard InChI is InChI=1S/C23H30N4O2/c1-2-27-21-11-10-19(17-20(21)22(24-27)23(28)29)26-15-13-25(14-16-26)12-6-9-18-7-4-3-5-8-18/h3-9,19H,2,10-17H2,1H3,(H,28,29)/b9-6+/t19-/m1/s1. The van der Waals surface area contributed by atoms with Gasteiger partial charge >= 0.3 is 5.97 Å². The summed E-state index contributed by atoms with van der Waals surface area (Å²) in [6.07, 6.45) is 7.26. The Morgan fingerprint density at radius 2 is 1.97 bits per heavy atom. The van der Waals surface area contributed by atoms with Crippen LogP contribution in [0.2, 0.25) is 0 Å². The van der Waals surface area contributed by atoms with Gasteiger partial charge in [0.1, 0.15) is 0 Å². The van der Waals surface area contributed by atoms with Gasteiger partial charge in [0.15, 0.2) is 5.69 Å². The molecular weight excluding hydrogens is 364 g/mol. The fourth-order valence-corrected chi connectivity index (χ4v) is 4.63. The van der Waals surface area contributed by atoms with Crippen LogP contribution in [0.4, 0.5) is 0 Å². The minimum absolute atomic E-state index is 0.260. The van der Waals surface area contributed by atoms with Crippen LogP contribution in [0.5, 0.6) is 0 Å². The minimum Gasteiger partial charge on any atom is -0.476 e. The first-order valence-corrected chi connectivity index (χ1v) is 10.7. The normalized spacial score (nSPS) is 20.8. The van der Waals surface area contributed by atoms with Gasteiger partial charge in [0.2, 0.25) is 0 Å². The predicted octanol–water partition coefficient (Wildman–Crippen LogP) is 2.79. The molecule has 1 N–H and O–H groups in total. The highest BCUT2D eigenvalue weighted by Crippen LogP contribution is 2.28. The van der Waals surface area contributed by atoms with Crippen LogP contribution in [0, 0.1) is 0 Å². The number of benzene rings is 1. The summed E-state index contributed by atoms with van der Waals surface area (Å²) in [4.78, 5) is 16.7. The van der Waals surface area contributed by atoms with Crippen molar-refractivity contribution in [3.05, 3.63) is 58.9 Å². The molecule has 6 nitrogen and oxygen atoms in total. The molecule has 2 aromatic rings. The lowest BCUT2D eigenvalue weighted by atomic mass is 9.90. The van der Waals surface area contributed by atoms with Gasteiger partial charge in [-0.3, -0.25) is 14.5 Å². The summed E-state index contributed by atoms with van der Waals surface area (Å²) < 4.78 is 1.88. The zero-order valence-electron chi connectivity index (χ0n) is 17.1. The number of piperazine rings is 1. The van der Waals surface area contributed by atoms with E-state index in [2.05, 4.69) is 51.3 Å². The first-order chi connectivity index (χ1) is 14.2. The number of rotatable bonds is 6. The Bertz CT molecular complexity index is 867. The maximum absolute atomic E-state index is 11.6. The summed E-state index contributed by atoms with van der Waals surface area (Å²) in [5, 5.41) is 13.9. The molecule has 1 fully saturated rings. The molecule has 0 saturated carbocycles. The van der Waals surface area contributed by atoms with Crippen molar-refractivity contribution < 1.29 is 9.90 Å². The van der Waals surface area contributed by atoms with Crippen molar-refractivity contribution in [2.45, 2.75) is 38.8 Å². The monoisotopic (exact) mass is 394 g/mol. The first-order valence-electron chi connectivity index (χ1n) is 10.7. The Balaban J connectivity index is 1.32. The molecule has 1 aromatic heterocycles. The second-order valence-electron chi connectivity index (χ2n) is 7.94. The lowest BCUT2D eigenvalue weighted by Crippen LogP contribution is -2.51. The topological polar surface area (TPSA) is 61.6 Å². The van der Waals surface area contributed by atoms with E-state index >= 15 is 0 Å². The number of hydrogen-bond donors (Lipinski definition) is 1. The van der Waals surface area contributed by atoms with Crippen molar-refractivity contribution in [2.75, 3.05) is 32.7 Å². The maximum Gasteiger partial charge on any atom is 0.356 e. The molecular formula is C23H30N4O2. The molecule has 154 valence electrons. The van der Waals surface area contributed by atoms with E-state index in [4.69, 9.17) is 0 Å². The summed E-state index contributed by atoms with van der Waals surface area (Å²) in [7, 11) is 0. The molecule has 0 spiro atoms. The highest BCUT2D eigenvalue weighted by Gasteiger charge is 2.32. The van der Waals surface area contributed by atoms with Crippen molar-refractivity contribution in [3.8, 4) is 0 Å². The molecule has 4 rings (SSSR count). The first kappa shape index (κ1) is 19.9. The van der Waals surface area contributed by atoms with Crippen LogP contribution < -0.4 is 0 Å². The number of carboxylic acid groups (broad SMARTS) is 1. The molecule has 0 unspecified atom stereocenters. The van der Waals surface area contributed by atoms with Crippen molar-refractivity contribution in [1.29, 1.82) is 0 Å². The van der Waals surface area contributed by atoms with E-state index in [0.717, 1.165) is 69.8 Å². The van der Waals surface area contributed by atoms with Crippen LogP contribution in [0.3, 0.4) is 0 Å². The van der Waals surface area contributed by atoms with Crippen molar-refractivity contribution >= 4 is 12.0 Å². The van der Waals surface area contributed by atoms with Crippen LogP contribution >= 0.6 is 0 Å². The Kier molecular flexibility index (Phi) is 6.11. The largest absolute Gasteiger partial charge is 0.476 e. The second-order valence-corrected chi connectivity index (χ2v) is 7.94. The fourth-order valence-electron chi connectivity index (χ4n) is 4.63. The Labute approximate surface area is 172 Å². The number of carbonyl (C=O) groups is 1. The number of nitrogens with zero attached hydrogens (tertiary/aromatic N) is 4. The molecule has 0 amide bonds. The number of aromatic nitrogens is 2. The summed E-state index contributed by atoms with van der Waals surface area (Å²) in [6.45, 7) is 7.94. The van der Waals surface area contributed by atoms with Gasteiger partial charge in [-0.05, 0) is 31.7 Å². The average Bonchev–Trinajstić information content (AvgIpc) is 3.13. The molecule has 1 saturated heterocycles. The number of carboxylic acids is 1. The molecule has 2 aliphatic rings. The molecule has 2 heterocycles. The summed E-state index contributed by atoms with van der Waals surface area (Å²) >= 11 is 0. The van der Waals surface area contributed by atoms with Crippen molar-refractivity contribution in [2.24, 2.45) is 0 Å². The SMILES string of the molecule is CCn1nc(C(=O)O)c2c1CC[C@@H](N1CCN(C/C=C/c3ccccc3)CC1)C2. The fraction of sp³-hybridized carbons (Fsp3) is 0.478. The van der Waals surface area contributed by atoms with Crippen LogP contribution in [0.1, 0.15) is 40.7 Å². The third kappa shape index (κ3) is 4.43. The quantitative estimate of drug-likeness (QED) is 0.816. The molecule has 0 bridgehead atoms. The highest BCUT2D eigenvalue weighted by atomic mass is 16.4. The molecule has 29 heavy (non-hydrogen) atoms. The molecule has 1 aliphatic carbocycles. The summed E-state index contributed by atoms with van der Waals surface area (Å²) in [6, 6.07) is 10.8. The molecule has 1 atom stereocenters. The second kappa shape index (κ2) is 8.93. The van der Waals surface area contributed by atoms with E-state index in [1.807, 2.05) is 17.7 Å². The van der Waals surface area contributed by atoms with Crippen LogP contribution in [-0.4, -0.2) is 69.4 Å². The van der Waals surface area contributed by atoms with Crippen molar-refractivity contribution in [1.82, 2.24) is 19.6 Å². The predicted molar refractivity (Wildman–Crippen MR) is 114 cm³/mol. The van der Waals surface area contributed by atoms with E-state index in [1.54, 1.807) is 0 Å². The summed E-state index contributed by atoms with van der Waals surface area (Å²) in [5.41, 5.74) is 3.59. The zero-order chi connectivity index (χ0) is 20.2. The number of aryl methyl sites for hydroxylation is 1. The van der Waals surface area contributed by atoms with Gasteiger partial charge in [0.05, 0.1) is 0 Å². The van der Waals surface area contributed by atoms with Crippen LogP contribution in [-0.2, 0) is 19.4 Å². The van der Waals surface area contributed by atoms with Crippen LogP contribution in [0.25, 0.3) is 6.08 Å². The zero-order valence-corrected chi connectivity index (χ0v) is 17.1. The maximum atomic E-state index is 11.6. The van der Waals surface area contributed by atoms with Crippen LogP contribution in [0.15, 0.2) is 36.4 Å². The Morgan fingerprint density at radius 3 is 2.66 bits per heavy atom. The van der Waals surface area contributed by atoms with Gasteiger partial charge < -0.3 is 5.11 Å². The molecule has 1 aliphatic heterocycles. The van der Waals surface area contributed by atoms with E-state index in [9.17, 15) is 9.90 Å². The summed E-state index contributed by atoms with van der Waals surface area (Å²) in [5.74, 6) is -0.899. The van der Waals surface area contributed by atoms with Gasteiger partial charge in [-0.15, -0.1) is 0 Å². The average molecular weight is 395 g/mol. The third-order valence-electron chi connectivity index (χ3n) is 6.22. The highest BCUT2D eigenvalue weighted by molar-refractivity contribution is 5.87. The van der Waals surface area contributed by atoms with Gasteiger partial charge in [-0.25, -0.2) is 4.79 Å². The Morgan fingerprint density at radius 1 is 1.21 bits per heavy atom. The van der Waals surface area contributed by atoms with Crippen molar-refractivity contribution in [3.63, 3.8) is 0 Å². The molecule has 1 aromatic carbocycles. The Hall–Kier alpha value is -2.44. The van der Waals surface area contributed by atoms with E-state index < -0.39 is 5.97 Å². The lowest BCUT2D eigenvalue weighted by Gasteiger charge is -2.40. The van der Waals surface area contributed by atoms with Gasteiger partial charge in [-0.2, -0.15) is 5.10 Å². The number of fused-ring (bicyclic) bond motifs is 1. The van der Waals surface area contributed by atoms with E-state index in [0.29, 0.717) is 6.04 Å². The van der Waals surface area contributed by atoms with Gasteiger partial charge in [0.25, 0.3) is 0 Å². The lowest BCUT2D eigenvalue weighted by molar-refractivity contribution is 0.0685. The molecule has 6 heteroatoms. The minimum atomic E-state index is -0.899. The smallest absolute Gasteiger partial charge is 0.356 e. The third-order valence-corrected chi connectivity index (χ3v) is 6.22.